The van der Waals surface area contributed by atoms with Gasteiger partial charge in [-0.25, -0.2) is 0 Å². The number of oxime groups is 1. The second kappa shape index (κ2) is 5.99. The highest BCUT2D eigenvalue weighted by Crippen LogP contribution is 2.35. The first kappa shape index (κ1) is 14.9. The van der Waals surface area contributed by atoms with Gasteiger partial charge in [-0.2, -0.15) is 5.10 Å². The molecule has 1 heterocycles. The van der Waals surface area contributed by atoms with Gasteiger partial charge in [-0.05, 0) is 12.1 Å². The Morgan fingerprint density at radius 2 is 2.00 bits per heavy atom. The minimum Gasteiger partial charge on any atom is -0.399 e. The predicted molar refractivity (Wildman–Crippen MR) is 90.8 cm³/mol. The molecule has 1 aromatic heterocycles. The smallest absolute Gasteiger partial charge is 0.106 e. The van der Waals surface area contributed by atoms with Crippen LogP contribution in [0.5, 0.6) is 0 Å². The number of nitrogens with zero attached hydrogens (tertiary/aromatic N) is 3. The van der Waals surface area contributed by atoms with Crippen LogP contribution < -0.4 is 0 Å². The summed E-state index contributed by atoms with van der Waals surface area (Å²) in [5.74, 6) is 0. The standard InChI is InChI=1S/C16H13Cl2N3O/c1-21-15(9-19-22-2)13-5-3-4-12(16(13)20-21)11-7-6-10(17)8-14(11)18/h3-9H,1-2H3/b19-9-. The lowest BCUT2D eigenvalue weighted by molar-refractivity contribution is 0.215. The Morgan fingerprint density at radius 1 is 1.18 bits per heavy atom. The van der Waals surface area contributed by atoms with Crippen LogP contribution in [0.4, 0.5) is 0 Å². The molecule has 0 unspecified atom stereocenters. The minimum atomic E-state index is 0.595. The third-order valence-corrected chi connectivity index (χ3v) is 3.96. The monoisotopic (exact) mass is 333 g/mol. The van der Waals surface area contributed by atoms with Gasteiger partial charge in [0.1, 0.15) is 12.6 Å². The molecule has 0 saturated heterocycles. The van der Waals surface area contributed by atoms with E-state index in [1.54, 1.807) is 17.0 Å². The number of aryl methyl sites for hydroxylation is 1. The number of aromatic nitrogens is 2. The summed E-state index contributed by atoms with van der Waals surface area (Å²) in [7, 11) is 3.37. The normalized spacial score (nSPS) is 11.5. The van der Waals surface area contributed by atoms with Crippen molar-refractivity contribution in [1.82, 2.24) is 9.78 Å². The van der Waals surface area contributed by atoms with Gasteiger partial charge >= 0.3 is 0 Å². The van der Waals surface area contributed by atoms with Gasteiger partial charge in [0, 0.05) is 33.6 Å². The summed E-state index contributed by atoms with van der Waals surface area (Å²) in [5, 5.41) is 10.6. The Labute approximate surface area is 137 Å². The summed E-state index contributed by atoms with van der Waals surface area (Å²) in [5.41, 5.74) is 3.56. The third-order valence-electron chi connectivity index (χ3n) is 3.41. The summed E-state index contributed by atoms with van der Waals surface area (Å²) in [6, 6.07) is 11.4. The second-order valence-corrected chi connectivity index (χ2v) is 5.60. The molecule has 0 amide bonds. The van der Waals surface area contributed by atoms with E-state index in [-0.39, 0.29) is 0 Å². The number of hydrogen-bond acceptors (Lipinski definition) is 3. The molecule has 4 nitrogen and oxygen atoms in total. The fourth-order valence-electron chi connectivity index (χ4n) is 2.42. The highest BCUT2D eigenvalue weighted by atomic mass is 35.5. The molecule has 0 aliphatic rings. The zero-order chi connectivity index (χ0) is 15.7. The minimum absolute atomic E-state index is 0.595. The first-order valence-electron chi connectivity index (χ1n) is 6.59. The molecule has 0 N–H and O–H groups in total. The molecule has 2 aromatic carbocycles. The van der Waals surface area contributed by atoms with Crippen LogP contribution >= 0.6 is 23.2 Å². The van der Waals surface area contributed by atoms with Gasteiger partial charge in [0.2, 0.25) is 0 Å². The van der Waals surface area contributed by atoms with Crippen molar-refractivity contribution in [2.45, 2.75) is 0 Å². The lowest BCUT2D eigenvalue weighted by Gasteiger charge is -2.05. The molecule has 3 rings (SSSR count). The molecule has 0 fully saturated rings. The maximum Gasteiger partial charge on any atom is 0.106 e. The van der Waals surface area contributed by atoms with Gasteiger partial charge in [0.25, 0.3) is 0 Å². The van der Waals surface area contributed by atoms with E-state index in [9.17, 15) is 0 Å². The van der Waals surface area contributed by atoms with Gasteiger partial charge < -0.3 is 4.84 Å². The fraction of sp³-hybridized carbons (Fsp3) is 0.125. The largest absolute Gasteiger partial charge is 0.399 e. The van der Waals surface area contributed by atoms with Crippen LogP contribution in [-0.4, -0.2) is 23.1 Å². The molecule has 3 aromatic rings. The lowest BCUT2D eigenvalue weighted by Crippen LogP contribution is -1.96. The Hall–Kier alpha value is -2.04. The van der Waals surface area contributed by atoms with Gasteiger partial charge in [-0.15, -0.1) is 0 Å². The van der Waals surface area contributed by atoms with Crippen molar-refractivity contribution < 1.29 is 4.84 Å². The quantitative estimate of drug-likeness (QED) is 0.521. The molecule has 0 spiro atoms. The maximum atomic E-state index is 6.33. The zero-order valence-corrected chi connectivity index (χ0v) is 13.6. The number of benzene rings is 2. The SMILES string of the molecule is CO/N=C\c1c2cccc(-c3ccc(Cl)cc3Cl)c2nn1C. The molecule has 112 valence electrons. The van der Waals surface area contributed by atoms with Gasteiger partial charge in [0.05, 0.1) is 11.9 Å². The van der Waals surface area contributed by atoms with Crippen molar-refractivity contribution in [2.24, 2.45) is 12.2 Å². The van der Waals surface area contributed by atoms with Crippen LogP contribution in [0.25, 0.3) is 22.0 Å². The number of fused-ring (bicyclic) bond motifs is 1. The molecule has 22 heavy (non-hydrogen) atoms. The van der Waals surface area contributed by atoms with Gasteiger partial charge in [-0.1, -0.05) is 52.6 Å². The topological polar surface area (TPSA) is 39.4 Å². The van der Waals surface area contributed by atoms with Crippen LogP contribution in [0.3, 0.4) is 0 Å². The fourth-order valence-corrected chi connectivity index (χ4v) is 2.93. The molecular weight excluding hydrogens is 321 g/mol. The number of halogens is 2. The Bertz CT molecular complexity index is 871. The van der Waals surface area contributed by atoms with Crippen LogP contribution in [0, 0.1) is 0 Å². The van der Waals surface area contributed by atoms with Crippen LogP contribution in [-0.2, 0) is 11.9 Å². The van der Waals surface area contributed by atoms with Crippen molar-refractivity contribution in [1.29, 1.82) is 0 Å². The average Bonchev–Trinajstić information content (AvgIpc) is 2.81. The summed E-state index contributed by atoms with van der Waals surface area (Å²) in [4.78, 5) is 4.76. The lowest BCUT2D eigenvalue weighted by atomic mass is 10.0. The summed E-state index contributed by atoms with van der Waals surface area (Å²) >= 11 is 12.3. The highest BCUT2D eigenvalue weighted by Gasteiger charge is 2.14. The van der Waals surface area contributed by atoms with E-state index in [1.807, 2.05) is 37.4 Å². The third kappa shape index (κ3) is 2.56. The van der Waals surface area contributed by atoms with Crippen LogP contribution in [0.15, 0.2) is 41.6 Å². The summed E-state index contributed by atoms with van der Waals surface area (Å²) in [6.07, 6.45) is 1.64. The molecular formula is C16H13Cl2N3O. The van der Waals surface area contributed by atoms with E-state index in [1.165, 1.54) is 7.11 Å². The Morgan fingerprint density at radius 3 is 2.73 bits per heavy atom. The van der Waals surface area contributed by atoms with Crippen molar-refractivity contribution in [2.75, 3.05) is 7.11 Å². The van der Waals surface area contributed by atoms with Crippen molar-refractivity contribution >= 4 is 40.3 Å². The molecule has 0 bridgehead atoms. The summed E-state index contributed by atoms with van der Waals surface area (Å²) in [6.45, 7) is 0. The van der Waals surface area contributed by atoms with Crippen molar-refractivity contribution in [3.05, 3.63) is 52.1 Å². The van der Waals surface area contributed by atoms with E-state index in [4.69, 9.17) is 28.0 Å². The second-order valence-electron chi connectivity index (χ2n) is 4.75. The predicted octanol–water partition coefficient (Wildman–Crippen LogP) is 4.53. The summed E-state index contributed by atoms with van der Waals surface area (Å²) < 4.78 is 1.76. The van der Waals surface area contributed by atoms with Crippen LogP contribution in [0.2, 0.25) is 10.0 Å². The van der Waals surface area contributed by atoms with Crippen molar-refractivity contribution in [3.8, 4) is 11.1 Å². The molecule has 0 aliphatic heterocycles. The zero-order valence-electron chi connectivity index (χ0n) is 12.0. The Kier molecular flexibility index (Phi) is 4.05. The first-order chi connectivity index (χ1) is 10.6. The maximum absolute atomic E-state index is 6.33. The van der Waals surface area contributed by atoms with Crippen LogP contribution in [0.1, 0.15) is 5.69 Å². The molecule has 6 heteroatoms. The van der Waals surface area contributed by atoms with E-state index in [0.29, 0.717) is 10.0 Å². The van der Waals surface area contributed by atoms with E-state index in [2.05, 4.69) is 10.3 Å². The van der Waals surface area contributed by atoms with E-state index < -0.39 is 0 Å². The first-order valence-corrected chi connectivity index (χ1v) is 7.35. The molecule has 0 saturated carbocycles. The van der Waals surface area contributed by atoms with Gasteiger partial charge in [0.15, 0.2) is 0 Å². The van der Waals surface area contributed by atoms with Crippen molar-refractivity contribution in [3.63, 3.8) is 0 Å². The van der Waals surface area contributed by atoms with E-state index in [0.717, 1.165) is 27.7 Å². The highest BCUT2D eigenvalue weighted by molar-refractivity contribution is 6.36. The number of rotatable bonds is 3. The number of hydrogen-bond donors (Lipinski definition) is 0. The molecule has 0 radical (unpaired) electrons. The van der Waals surface area contributed by atoms with E-state index >= 15 is 0 Å². The molecule has 0 atom stereocenters. The average molecular weight is 334 g/mol. The molecule has 0 aliphatic carbocycles. The van der Waals surface area contributed by atoms with Gasteiger partial charge in [-0.3, -0.25) is 4.68 Å². The Balaban J connectivity index is 2.25.